The number of benzene rings is 2. The first-order chi connectivity index (χ1) is 13.9. The molecule has 3 aliphatic heterocycles. The van der Waals surface area contributed by atoms with Gasteiger partial charge in [-0.2, -0.15) is 5.10 Å². The molecule has 0 bridgehead atoms. The van der Waals surface area contributed by atoms with E-state index in [-0.39, 0.29) is 19.1 Å². The second-order valence-corrected chi connectivity index (χ2v) is 7.01. The highest BCUT2D eigenvalue weighted by Gasteiger charge is 2.41. The van der Waals surface area contributed by atoms with Crippen LogP contribution in [0.1, 0.15) is 35.4 Å². The van der Waals surface area contributed by atoms with Crippen LogP contribution >= 0.6 is 0 Å². The van der Waals surface area contributed by atoms with Gasteiger partial charge >= 0.3 is 0 Å². The zero-order valence-corrected chi connectivity index (χ0v) is 15.0. The van der Waals surface area contributed by atoms with Gasteiger partial charge in [-0.15, -0.1) is 0 Å². The predicted molar refractivity (Wildman–Crippen MR) is 102 cm³/mol. The van der Waals surface area contributed by atoms with Crippen LogP contribution in [0.15, 0.2) is 72.1 Å². The van der Waals surface area contributed by atoms with E-state index in [1.165, 1.54) is 0 Å². The van der Waals surface area contributed by atoms with Gasteiger partial charge < -0.3 is 14.2 Å². The molecule has 0 N–H and O–H groups in total. The number of aromatic nitrogens is 1. The molecule has 0 amide bonds. The Balaban J connectivity index is 1.43. The molecule has 0 saturated carbocycles. The number of nitrogens with zero attached hydrogens (tertiary/aromatic N) is 3. The van der Waals surface area contributed by atoms with Crippen molar-refractivity contribution >= 4 is 5.71 Å². The summed E-state index contributed by atoms with van der Waals surface area (Å²) in [6, 6.07) is 18.2. The van der Waals surface area contributed by atoms with Crippen LogP contribution in [0.3, 0.4) is 0 Å². The van der Waals surface area contributed by atoms with Gasteiger partial charge in [-0.05, 0) is 30.3 Å². The van der Waals surface area contributed by atoms with Crippen LogP contribution in [0.2, 0.25) is 0 Å². The van der Waals surface area contributed by atoms with Crippen LogP contribution in [-0.4, -0.2) is 22.5 Å². The zero-order valence-electron chi connectivity index (χ0n) is 15.0. The average Bonchev–Trinajstić information content (AvgIpc) is 3.40. The molecule has 2 aromatic carbocycles. The van der Waals surface area contributed by atoms with Crippen molar-refractivity contribution in [1.82, 2.24) is 9.99 Å². The number of fused-ring (bicyclic) bond motifs is 4. The van der Waals surface area contributed by atoms with E-state index < -0.39 is 0 Å². The third-order valence-electron chi connectivity index (χ3n) is 5.37. The van der Waals surface area contributed by atoms with Gasteiger partial charge in [0.2, 0.25) is 13.0 Å². The molecular weight excluding hydrogens is 354 g/mol. The van der Waals surface area contributed by atoms with Gasteiger partial charge in [0, 0.05) is 35.5 Å². The van der Waals surface area contributed by atoms with E-state index in [1.807, 2.05) is 54.7 Å². The van der Waals surface area contributed by atoms with Crippen molar-refractivity contribution < 1.29 is 14.2 Å². The largest absolute Gasteiger partial charge is 0.464 e. The molecule has 6 heteroatoms. The second kappa shape index (κ2) is 5.99. The molecule has 0 saturated heterocycles. The summed E-state index contributed by atoms with van der Waals surface area (Å²) in [6.45, 7) is 0.268. The highest BCUT2D eigenvalue weighted by molar-refractivity contribution is 6.02. The summed E-state index contributed by atoms with van der Waals surface area (Å²) < 4.78 is 17.3. The summed E-state index contributed by atoms with van der Waals surface area (Å²) in [4.78, 5) is 4.26. The average molecular weight is 371 g/mol. The smallest absolute Gasteiger partial charge is 0.231 e. The molecule has 0 spiro atoms. The van der Waals surface area contributed by atoms with E-state index in [4.69, 9.17) is 19.3 Å². The molecule has 0 unspecified atom stereocenters. The van der Waals surface area contributed by atoms with E-state index >= 15 is 0 Å². The lowest BCUT2D eigenvalue weighted by Gasteiger charge is -2.38. The van der Waals surface area contributed by atoms with Crippen molar-refractivity contribution in [3.8, 4) is 17.2 Å². The number of hydrogen-bond donors (Lipinski definition) is 0. The van der Waals surface area contributed by atoms with Gasteiger partial charge in [-0.3, -0.25) is 4.98 Å². The third-order valence-corrected chi connectivity index (χ3v) is 5.37. The van der Waals surface area contributed by atoms with Crippen molar-refractivity contribution in [2.45, 2.75) is 18.7 Å². The van der Waals surface area contributed by atoms with E-state index in [2.05, 4.69) is 16.1 Å². The Morgan fingerprint density at radius 2 is 1.86 bits per heavy atom. The van der Waals surface area contributed by atoms with Crippen LogP contribution in [0.25, 0.3) is 0 Å². The monoisotopic (exact) mass is 371 g/mol. The number of ether oxygens (including phenoxy) is 3. The summed E-state index contributed by atoms with van der Waals surface area (Å²) in [5.74, 6) is 2.45. The Morgan fingerprint density at radius 3 is 2.79 bits per heavy atom. The molecule has 28 heavy (non-hydrogen) atoms. The van der Waals surface area contributed by atoms with E-state index in [0.29, 0.717) is 0 Å². The molecule has 3 aromatic rings. The highest BCUT2D eigenvalue weighted by atomic mass is 16.7. The number of hydrogen-bond acceptors (Lipinski definition) is 6. The minimum absolute atomic E-state index is 0.121. The lowest BCUT2D eigenvalue weighted by atomic mass is 9.96. The first-order valence-corrected chi connectivity index (χ1v) is 9.28. The fourth-order valence-corrected chi connectivity index (χ4v) is 4.03. The number of hydrazone groups is 1. The van der Waals surface area contributed by atoms with E-state index in [0.717, 1.165) is 46.1 Å². The first kappa shape index (κ1) is 15.5. The number of pyridine rings is 1. The minimum atomic E-state index is -0.305. The van der Waals surface area contributed by atoms with Crippen LogP contribution < -0.4 is 14.2 Å². The standard InChI is InChI=1S/C22H17N3O3/c1-2-6-19-16(5-1)18-11-17(14-7-8-20-21(10-14)27-13-26-20)24-25(18)22(28-19)15-4-3-9-23-12-15/h1-10,12,18,22H,11,13H2/t18-,22-/m1/s1. The van der Waals surface area contributed by atoms with Crippen molar-refractivity contribution in [3.63, 3.8) is 0 Å². The van der Waals surface area contributed by atoms with Crippen molar-refractivity contribution in [2.24, 2.45) is 5.10 Å². The SMILES string of the molecule is c1cncc([C@H]2Oc3ccccc3[C@H]3CC(c4ccc5c(c4)OCO5)=NN32)c1. The summed E-state index contributed by atoms with van der Waals surface area (Å²) in [6.07, 6.45) is 4.10. The van der Waals surface area contributed by atoms with Crippen molar-refractivity contribution in [1.29, 1.82) is 0 Å². The van der Waals surface area contributed by atoms with E-state index in [1.54, 1.807) is 6.20 Å². The molecule has 4 heterocycles. The van der Waals surface area contributed by atoms with Crippen LogP contribution in [0.4, 0.5) is 0 Å². The number of rotatable bonds is 2. The van der Waals surface area contributed by atoms with Crippen LogP contribution in [0.5, 0.6) is 17.2 Å². The third kappa shape index (κ3) is 2.34. The topological polar surface area (TPSA) is 56.2 Å². The Labute approximate surface area is 162 Å². The molecule has 0 aliphatic carbocycles. The summed E-state index contributed by atoms with van der Waals surface area (Å²) >= 11 is 0. The van der Waals surface area contributed by atoms with Gasteiger partial charge in [0.05, 0.1) is 11.8 Å². The summed E-state index contributed by atoms with van der Waals surface area (Å²) in [5.41, 5.74) is 4.19. The second-order valence-electron chi connectivity index (χ2n) is 7.01. The summed E-state index contributed by atoms with van der Waals surface area (Å²) in [7, 11) is 0. The van der Waals surface area contributed by atoms with Gasteiger partial charge in [-0.1, -0.05) is 24.3 Å². The van der Waals surface area contributed by atoms with Gasteiger partial charge in [-0.25, -0.2) is 5.01 Å². The van der Waals surface area contributed by atoms with Gasteiger partial charge in [0.25, 0.3) is 0 Å². The molecule has 6 nitrogen and oxygen atoms in total. The fourth-order valence-electron chi connectivity index (χ4n) is 4.03. The Hall–Kier alpha value is -3.54. The van der Waals surface area contributed by atoms with Gasteiger partial charge in [0.1, 0.15) is 5.75 Å². The molecule has 6 rings (SSSR count). The van der Waals surface area contributed by atoms with E-state index in [9.17, 15) is 0 Å². The highest BCUT2D eigenvalue weighted by Crippen LogP contribution is 2.47. The Bertz CT molecular complexity index is 1080. The van der Waals surface area contributed by atoms with Crippen molar-refractivity contribution in [3.05, 3.63) is 83.7 Å². The molecule has 0 fully saturated rings. The van der Waals surface area contributed by atoms with Gasteiger partial charge in [0.15, 0.2) is 11.5 Å². The van der Waals surface area contributed by atoms with Crippen LogP contribution in [0, 0.1) is 0 Å². The molecule has 3 aliphatic rings. The lowest BCUT2D eigenvalue weighted by molar-refractivity contribution is -0.0192. The Kier molecular flexibility index (Phi) is 3.32. The molecule has 1 aromatic heterocycles. The predicted octanol–water partition coefficient (Wildman–Crippen LogP) is 4.05. The molecule has 138 valence electrons. The zero-order chi connectivity index (χ0) is 18.5. The summed E-state index contributed by atoms with van der Waals surface area (Å²) in [5, 5.41) is 7.02. The van der Waals surface area contributed by atoms with Crippen molar-refractivity contribution in [2.75, 3.05) is 6.79 Å². The maximum atomic E-state index is 6.32. The molecular formula is C22H17N3O3. The quantitative estimate of drug-likeness (QED) is 0.680. The van der Waals surface area contributed by atoms with Crippen LogP contribution in [-0.2, 0) is 0 Å². The lowest BCUT2D eigenvalue weighted by Crippen LogP contribution is -2.33. The minimum Gasteiger partial charge on any atom is -0.464 e. The fraction of sp³-hybridized carbons (Fsp3) is 0.182. The normalized spacial score (nSPS) is 21.6. The molecule has 2 atom stereocenters. The maximum absolute atomic E-state index is 6.32. The number of para-hydroxylation sites is 1. The maximum Gasteiger partial charge on any atom is 0.231 e. The molecule has 0 radical (unpaired) electrons. The Morgan fingerprint density at radius 1 is 0.929 bits per heavy atom. The first-order valence-electron chi connectivity index (χ1n) is 9.28.